The van der Waals surface area contributed by atoms with Crippen molar-refractivity contribution < 1.29 is 33.3 Å². The Hall–Kier alpha value is -4.00. The number of hydrogen-bond acceptors (Lipinski definition) is 7. The normalized spacial score (nSPS) is 10.5. The summed E-state index contributed by atoms with van der Waals surface area (Å²) in [6, 6.07) is 17.0. The molecule has 0 radical (unpaired) electrons. The first-order valence-corrected chi connectivity index (χ1v) is 11.6. The van der Waals surface area contributed by atoms with Gasteiger partial charge in [0.25, 0.3) is 0 Å². The molecule has 7 nitrogen and oxygen atoms in total. The van der Waals surface area contributed by atoms with Crippen LogP contribution in [-0.4, -0.2) is 47.5 Å². The van der Waals surface area contributed by atoms with Gasteiger partial charge in [-0.3, -0.25) is 0 Å². The molecule has 7 heteroatoms. The van der Waals surface area contributed by atoms with Gasteiger partial charge in [0.1, 0.15) is 22.8 Å². The van der Waals surface area contributed by atoms with Crippen molar-refractivity contribution in [1.29, 1.82) is 0 Å². The summed E-state index contributed by atoms with van der Waals surface area (Å²) < 4.78 is 26.2. The maximum absolute atomic E-state index is 11.9. The lowest BCUT2D eigenvalue weighted by atomic mass is 9.97. The summed E-state index contributed by atoms with van der Waals surface area (Å²) in [5.41, 5.74) is 5.20. The molecule has 0 N–H and O–H groups in total. The number of ether oxygens (including phenoxy) is 5. The van der Waals surface area contributed by atoms with Gasteiger partial charge in [-0.25, -0.2) is 9.59 Å². The molecule has 3 aromatic rings. The third-order valence-corrected chi connectivity index (χ3v) is 6.10. The quantitative estimate of drug-likeness (QED) is 0.354. The summed E-state index contributed by atoms with van der Waals surface area (Å²) >= 11 is 0. The lowest BCUT2D eigenvalue weighted by molar-refractivity contribution is 0.0589. The highest BCUT2D eigenvalue weighted by atomic mass is 16.5. The van der Waals surface area contributed by atoms with Gasteiger partial charge in [-0.1, -0.05) is 18.2 Å². The van der Waals surface area contributed by atoms with Crippen molar-refractivity contribution in [1.82, 2.24) is 0 Å². The Morgan fingerprint density at radius 1 is 0.556 bits per heavy atom. The summed E-state index contributed by atoms with van der Waals surface area (Å²) in [6.45, 7) is 0. The summed E-state index contributed by atoms with van der Waals surface area (Å²) in [5, 5.41) is 0. The van der Waals surface area contributed by atoms with Gasteiger partial charge in [0.05, 0.1) is 41.1 Å². The van der Waals surface area contributed by atoms with Crippen LogP contribution in [0.2, 0.25) is 0 Å². The van der Waals surface area contributed by atoms with Crippen LogP contribution >= 0.6 is 0 Å². The number of benzene rings is 3. The van der Waals surface area contributed by atoms with E-state index in [1.165, 1.54) is 21.3 Å². The zero-order valence-corrected chi connectivity index (χ0v) is 21.4. The predicted molar refractivity (Wildman–Crippen MR) is 136 cm³/mol. The van der Waals surface area contributed by atoms with E-state index in [1.807, 2.05) is 30.3 Å². The first kappa shape index (κ1) is 26.6. The van der Waals surface area contributed by atoms with E-state index in [0.29, 0.717) is 16.9 Å². The van der Waals surface area contributed by atoms with Gasteiger partial charge in [-0.2, -0.15) is 0 Å². The van der Waals surface area contributed by atoms with E-state index < -0.39 is 5.97 Å². The maximum atomic E-state index is 11.9. The predicted octanol–water partition coefficient (Wildman–Crippen LogP) is 4.86. The number of esters is 2. The van der Waals surface area contributed by atoms with Crippen molar-refractivity contribution in [3.05, 3.63) is 88.0 Å². The van der Waals surface area contributed by atoms with Crippen LogP contribution in [0.15, 0.2) is 54.6 Å². The summed E-state index contributed by atoms with van der Waals surface area (Å²) in [5.74, 6) is 1.24. The molecule has 0 aliphatic rings. The molecule has 0 aromatic heterocycles. The minimum atomic E-state index is -0.431. The fourth-order valence-corrected chi connectivity index (χ4v) is 4.08. The average molecular weight is 493 g/mol. The fraction of sp³-hybridized carbons (Fsp3) is 0.310. The Labute approximate surface area is 211 Å². The van der Waals surface area contributed by atoms with Crippen LogP contribution in [0.1, 0.15) is 43.0 Å². The molecule has 190 valence electrons. The van der Waals surface area contributed by atoms with Crippen molar-refractivity contribution in [3.8, 4) is 17.2 Å². The van der Waals surface area contributed by atoms with Crippen molar-refractivity contribution in [2.75, 3.05) is 35.5 Å². The first-order valence-electron chi connectivity index (χ1n) is 11.6. The van der Waals surface area contributed by atoms with Crippen LogP contribution in [0.3, 0.4) is 0 Å². The second kappa shape index (κ2) is 12.6. The highest BCUT2D eigenvalue weighted by Crippen LogP contribution is 2.31. The average Bonchev–Trinajstić information content (AvgIpc) is 2.93. The fourth-order valence-electron chi connectivity index (χ4n) is 4.08. The number of methoxy groups -OCH3 is 5. The van der Waals surface area contributed by atoms with Crippen molar-refractivity contribution in [2.45, 2.75) is 25.7 Å². The Kier molecular flexibility index (Phi) is 9.33. The van der Waals surface area contributed by atoms with E-state index in [2.05, 4.69) is 6.07 Å². The van der Waals surface area contributed by atoms with Gasteiger partial charge in [-0.15, -0.1) is 0 Å². The minimum absolute atomic E-state index is 0.347. The topological polar surface area (TPSA) is 80.3 Å². The van der Waals surface area contributed by atoms with Crippen molar-refractivity contribution in [3.63, 3.8) is 0 Å². The van der Waals surface area contributed by atoms with Crippen LogP contribution in [0.5, 0.6) is 17.2 Å². The molecule has 3 rings (SSSR count). The maximum Gasteiger partial charge on any atom is 0.341 e. The molecule has 0 bridgehead atoms. The standard InChI is InChI=1S/C29H32O7/c1-32-25-18-26(33-2)23(14-9-20-10-15-24(29(31)36-5)27(16-20)34-3)17-22(25)13-8-19-6-11-21(12-7-19)28(30)35-4/h6-7,10-12,15-18H,8-9,13-14H2,1-5H3. The number of carbonyl (C=O) groups is 2. The molecule has 36 heavy (non-hydrogen) atoms. The molecule has 0 heterocycles. The van der Waals surface area contributed by atoms with Gasteiger partial charge in [-0.05, 0) is 78.3 Å². The summed E-state index contributed by atoms with van der Waals surface area (Å²) in [6.07, 6.45) is 3.01. The van der Waals surface area contributed by atoms with Crippen molar-refractivity contribution >= 4 is 11.9 Å². The lowest BCUT2D eigenvalue weighted by Gasteiger charge is -2.16. The Morgan fingerprint density at radius 3 is 1.61 bits per heavy atom. The second-order valence-corrected chi connectivity index (χ2v) is 8.19. The monoisotopic (exact) mass is 492 g/mol. The zero-order chi connectivity index (χ0) is 26.1. The van der Waals surface area contributed by atoms with E-state index in [1.54, 1.807) is 32.4 Å². The highest BCUT2D eigenvalue weighted by molar-refractivity contribution is 5.92. The van der Waals surface area contributed by atoms with Gasteiger partial charge in [0, 0.05) is 6.07 Å². The smallest absolute Gasteiger partial charge is 0.341 e. The molecule has 0 unspecified atom stereocenters. The van der Waals surface area contributed by atoms with Gasteiger partial charge < -0.3 is 23.7 Å². The zero-order valence-electron chi connectivity index (χ0n) is 21.4. The first-order chi connectivity index (χ1) is 17.4. The molecular weight excluding hydrogens is 460 g/mol. The summed E-state index contributed by atoms with van der Waals surface area (Å²) in [7, 11) is 7.55. The molecule has 0 amide bonds. The Balaban J connectivity index is 1.77. The van der Waals surface area contributed by atoms with Crippen LogP contribution in [0.4, 0.5) is 0 Å². The van der Waals surface area contributed by atoms with E-state index >= 15 is 0 Å². The molecule has 0 spiro atoms. The van der Waals surface area contributed by atoms with Crippen LogP contribution in [-0.2, 0) is 35.2 Å². The second-order valence-electron chi connectivity index (χ2n) is 8.19. The van der Waals surface area contributed by atoms with E-state index in [0.717, 1.165) is 59.4 Å². The lowest BCUT2D eigenvalue weighted by Crippen LogP contribution is -2.05. The van der Waals surface area contributed by atoms with Crippen molar-refractivity contribution in [2.24, 2.45) is 0 Å². The molecule has 0 atom stereocenters. The molecule has 3 aromatic carbocycles. The third-order valence-electron chi connectivity index (χ3n) is 6.10. The highest BCUT2D eigenvalue weighted by Gasteiger charge is 2.15. The molecule has 0 aliphatic carbocycles. The Bertz CT molecular complexity index is 1200. The number of aryl methyl sites for hydroxylation is 4. The van der Waals surface area contributed by atoms with Crippen LogP contribution in [0.25, 0.3) is 0 Å². The molecule has 0 saturated heterocycles. The SMILES string of the molecule is COC(=O)c1ccc(CCc2cc(CCc3ccc(C(=O)OC)c(OC)c3)c(OC)cc2OC)cc1. The van der Waals surface area contributed by atoms with E-state index in [-0.39, 0.29) is 5.97 Å². The minimum Gasteiger partial charge on any atom is -0.496 e. The number of rotatable bonds is 11. The van der Waals surface area contributed by atoms with Crippen LogP contribution in [0, 0.1) is 0 Å². The largest absolute Gasteiger partial charge is 0.496 e. The number of hydrogen-bond donors (Lipinski definition) is 0. The van der Waals surface area contributed by atoms with E-state index in [9.17, 15) is 9.59 Å². The molecule has 0 saturated carbocycles. The third kappa shape index (κ3) is 6.36. The molecule has 0 aliphatic heterocycles. The van der Waals surface area contributed by atoms with E-state index in [4.69, 9.17) is 23.7 Å². The number of carbonyl (C=O) groups excluding carboxylic acids is 2. The molecule has 0 fully saturated rings. The van der Waals surface area contributed by atoms with Crippen LogP contribution < -0.4 is 14.2 Å². The van der Waals surface area contributed by atoms with Gasteiger partial charge in [0.2, 0.25) is 0 Å². The Morgan fingerprint density at radius 2 is 1.08 bits per heavy atom. The molecular formula is C29H32O7. The summed E-state index contributed by atoms with van der Waals surface area (Å²) in [4.78, 5) is 23.6. The van der Waals surface area contributed by atoms with Gasteiger partial charge >= 0.3 is 11.9 Å². The van der Waals surface area contributed by atoms with Gasteiger partial charge in [0.15, 0.2) is 0 Å².